The minimum Gasteiger partial charge on any atom is -0.311 e. The Morgan fingerprint density at radius 2 is 0.592 bits per heavy atom. The van der Waals surface area contributed by atoms with Crippen molar-refractivity contribution in [3.05, 3.63) is 255 Å². The Bertz CT molecular complexity index is 3710. The maximum absolute atomic E-state index is 5.10. The normalized spacial score (nSPS) is 12.9. The van der Waals surface area contributed by atoms with Gasteiger partial charge >= 0.3 is 0 Å². The fraction of sp³-hybridized carbons (Fsp3) is 0. The molecule has 0 atom stereocenters. The Hall–Kier alpha value is -9.53. The molecule has 1 aromatic heterocycles. The summed E-state index contributed by atoms with van der Waals surface area (Å²) in [5.74, 6) is 1.87. The molecule has 0 saturated heterocycles. The van der Waals surface area contributed by atoms with E-state index in [2.05, 4.69) is 214 Å². The maximum Gasteiger partial charge on any atom is 0.252 e. The van der Waals surface area contributed by atoms with Crippen LogP contribution in [0.2, 0.25) is 0 Å². The summed E-state index contributed by atoms with van der Waals surface area (Å²) in [6, 6.07) is 90.8. The fourth-order valence-corrected chi connectivity index (χ4v) is 10.9. The van der Waals surface area contributed by atoms with Crippen LogP contribution >= 0.6 is 0 Å². The first kappa shape index (κ1) is 40.5. The van der Waals surface area contributed by atoms with E-state index in [0.717, 1.165) is 79.3 Å². The van der Waals surface area contributed by atoms with Crippen LogP contribution in [0.3, 0.4) is 0 Å². The molecule has 0 radical (unpaired) electrons. The van der Waals surface area contributed by atoms with Crippen LogP contribution in [0, 0.1) is 0 Å². The number of nitrogens with zero attached hydrogens (tertiary/aromatic N) is 7. The van der Waals surface area contributed by atoms with E-state index < -0.39 is 0 Å². The molecular formula is C63H42BN7. The summed E-state index contributed by atoms with van der Waals surface area (Å²) in [7, 11) is 0. The van der Waals surface area contributed by atoms with Crippen LogP contribution in [0.1, 0.15) is 0 Å². The van der Waals surface area contributed by atoms with Gasteiger partial charge in [-0.25, -0.2) is 15.0 Å². The molecule has 0 amide bonds. The highest BCUT2D eigenvalue weighted by Gasteiger charge is 2.47. The van der Waals surface area contributed by atoms with Gasteiger partial charge in [-0.3, -0.25) is 0 Å². The zero-order valence-electron chi connectivity index (χ0n) is 38.5. The minimum absolute atomic E-state index is 0.0536. The summed E-state index contributed by atoms with van der Waals surface area (Å²) in [6.45, 7) is -0.0536. The number of hydrogen-bond acceptors (Lipinski definition) is 7. The van der Waals surface area contributed by atoms with Gasteiger partial charge in [0.1, 0.15) is 0 Å². The molecular weight excluding hydrogens is 866 g/mol. The van der Waals surface area contributed by atoms with Crippen LogP contribution in [0.25, 0.3) is 34.2 Å². The van der Waals surface area contributed by atoms with E-state index >= 15 is 0 Å². The highest BCUT2D eigenvalue weighted by molar-refractivity contribution is 7.00. The molecule has 4 heterocycles. The third-order valence-corrected chi connectivity index (χ3v) is 14.0. The Balaban J connectivity index is 1.05. The molecule has 0 spiro atoms. The summed E-state index contributed by atoms with van der Waals surface area (Å²) in [5.41, 5.74) is 19.7. The lowest BCUT2D eigenvalue weighted by atomic mass is 9.33. The molecule has 3 aliphatic heterocycles. The van der Waals surface area contributed by atoms with E-state index in [1.54, 1.807) is 0 Å². The number of anilines is 12. The molecule has 0 N–H and O–H groups in total. The van der Waals surface area contributed by atoms with E-state index in [0.29, 0.717) is 17.5 Å². The number of para-hydroxylation sites is 7. The van der Waals surface area contributed by atoms with Crippen molar-refractivity contribution in [1.29, 1.82) is 0 Å². The first-order valence-corrected chi connectivity index (χ1v) is 24.1. The van der Waals surface area contributed by atoms with Gasteiger partial charge in [-0.1, -0.05) is 164 Å². The Morgan fingerprint density at radius 1 is 0.254 bits per heavy atom. The van der Waals surface area contributed by atoms with E-state index in [1.807, 2.05) is 60.7 Å². The van der Waals surface area contributed by atoms with Crippen LogP contribution in [-0.2, 0) is 0 Å². The van der Waals surface area contributed by atoms with Crippen molar-refractivity contribution in [3.63, 3.8) is 0 Å². The highest BCUT2D eigenvalue weighted by Crippen LogP contribution is 2.61. The quantitative estimate of drug-likeness (QED) is 0.148. The van der Waals surface area contributed by atoms with Crippen molar-refractivity contribution >= 4 is 91.3 Å². The number of rotatable bonds is 7. The van der Waals surface area contributed by atoms with E-state index in [1.165, 1.54) is 22.1 Å². The van der Waals surface area contributed by atoms with Crippen molar-refractivity contribution in [2.45, 2.75) is 0 Å². The Labute approximate surface area is 413 Å². The van der Waals surface area contributed by atoms with E-state index in [-0.39, 0.29) is 6.71 Å². The molecule has 0 aliphatic carbocycles. The molecule has 7 nitrogen and oxygen atoms in total. The van der Waals surface area contributed by atoms with Gasteiger partial charge < -0.3 is 19.6 Å². The van der Waals surface area contributed by atoms with Crippen LogP contribution in [-0.4, -0.2) is 21.7 Å². The number of hydrogen-bond donors (Lipinski definition) is 0. The summed E-state index contributed by atoms with van der Waals surface area (Å²) < 4.78 is 0. The first-order chi connectivity index (χ1) is 35.3. The van der Waals surface area contributed by atoms with Crippen LogP contribution < -0.4 is 36.0 Å². The molecule has 14 rings (SSSR count). The van der Waals surface area contributed by atoms with Crippen molar-refractivity contribution in [2.24, 2.45) is 0 Å². The van der Waals surface area contributed by atoms with E-state index in [4.69, 9.17) is 15.0 Å². The molecule has 11 aromatic rings. The smallest absolute Gasteiger partial charge is 0.252 e. The van der Waals surface area contributed by atoms with Gasteiger partial charge in [-0.2, -0.15) is 0 Å². The predicted molar refractivity (Wildman–Crippen MR) is 293 cm³/mol. The van der Waals surface area contributed by atoms with Crippen LogP contribution in [0.4, 0.5) is 68.2 Å². The molecule has 332 valence electrons. The lowest BCUT2D eigenvalue weighted by Gasteiger charge is -2.49. The summed E-state index contributed by atoms with van der Waals surface area (Å²) in [6.07, 6.45) is 0. The molecule has 0 fully saturated rings. The molecule has 0 bridgehead atoms. The third-order valence-electron chi connectivity index (χ3n) is 14.0. The van der Waals surface area contributed by atoms with Crippen molar-refractivity contribution in [3.8, 4) is 34.2 Å². The van der Waals surface area contributed by atoms with Gasteiger partial charge in [-0.05, 0) is 107 Å². The lowest BCUT2D eigenvalue weighted by Crippen LogP contribution is -2.61. The molecule has 8 heteroatoms. The van der Waals surface area contributed by atoms with E-state index in [9.17, 15) is 0 Å². The highest BCUT2D eigenvalue weighted by atomic mass is 15.3. The molecule has 10 aromatic carbocycles. The van der Waals surface area contributed by atoms with Crippen molar-refractivity contribution < 1.29 is 0 Å². The predicted octanol–water partition coefficient (Wildman–Crippen LogP) is 14.2. The average molecular weight is 908 g/mol. The van der Waals surface area contributed by atoms with Crippen LogP contribution in [0.15, 0.2) is 255 Å². The monoisotopic (exact) mass is 907 g/mol. The zero-order valence-corrected chi connectivity index (χ0v) is 38.5. The fourth-order valence-electron chi connectivity index (χ4n) is 10.9. The average Bonchev–Trinajstić information content (AvgIpc) is 3.45. The Kier molecular flexibility index (Phi) is 9.48. The van der Waals surface area contributed by atoms with Gasteiger partial charge in [0.15, 0.2) is 17.5 Å². The second-order valence-electron chi connectivity index (χ2n) is 18.0. The molecule has 0 unspecified atom stereocenters. The largest absolute Gasteiger partial charge is 0.311 e. The maximum atomic E-state index is 5.10. The standard InChI is InChI=1S/C63H42BN7/c1-6-22-43(23-7-1)61-65-62(44-24-8-2-9-25-44)67-63(66-61)45-38-40-49(41-39-45)69-54-36-20-21-37-55(54)71(48-30-14-5-15-31-48)59-57(69)42-56-58-60(59)70(47-28-12-4-13-29-47)53-35-19-17-33-51(53)64(58)50-32-16-18-34-52(50)68(56)46-26-10-3-11-27-46/h1-42H. The topological polar surface area (TPSA) is 51.6 Å². The van der Waals surface area contributed by atoms with Gasteiger partial charge in [0.2, 0.25) is 0 Å². The molecule has 71 heavy (non-hydrogen) atoms. The number of fused-ring (bicyclic) bond motifs is 7. The second kappa shape index (κ2) is 16.6. The number of aromatic nitrogens is 3. The number of benzene rings is 10. The molecule has 0 saturated carbocycles. The third kappa shape index (κ3) is 6.57. The van der Waals surface area contributed by atoms with Crippen molar-refractivity contribution in [2.75, 3.05) is 19.6 Å². The SMILES string of the molecule is c1ccc(-c2nc(-c3ccccc3)nc(-c3ccc(N4c5ccccc5N(c5ccccc5)c5c4cc4c6c5N(c5ccccc5)c5ccccc5B6c5ccccc5N4c4ccccc4)cc3)n2)cc1. The van der Waals surface area contributed by atoms with Crippen LogP contribution in [0.5, 0.6) is 0 Å². The lowest BCUT2D eigenvalue weighted by molar-refractivity contribution is 1.07. The summed E-state index contributed by atoms with van der Waals surface area (Å²) in [5, 5.41) is 0. The summed E-state index contributed by atoms with van der Waals surface area (Å²) in [4.78, 5) is 25.1. The molecule has 3 aliphatic rings. The van der Waals surface area contributed by atoms with Gasteiger partial charge in [0, 0.05) is 56.5 Å². The van der Waals surface area contributed by atoms with Gasteiger partial charge in [0.05, 0.1) is 28.4 Å². The Morgan fingerprint density at radius 3 is 1.08 bits per heavy atom. The van der Waals surface area contributed by atoms with Gasteiger partial charge in [-0.15, -0.1) is 0 Å². The summed E-state index contributed by atoms with van der Waals surface area (Å²) >= 11 is 0. The van der Waals surface area contributed by atoms with Gasteiger partial charge in [0.25, 0.3) is 6.71 Å². The zero-order chi connectivity index (χ0) is 46.8. The first-order valence-electron chi connectivity index (χ1n) is 24.1. The van der Waals surface area contributed by atoms with Crippen molar-refractivity contribution in [1.82, 2.24) is 15.0 Å². The minimum atomic E-state index is -0.0536. The second-order valence-corrected chi connectivity index (χ2v) is 18.0.